The second kappa shape index (κ2) is 12.4. The second-order valence-corrected chi connectivity index (χ2v) is 7.27. The molecule has 0 aliphatic heterocycles. The van der Waals surface area contributed by atoms with Gasteiger partial charge in [0.25, 0.3) is 6.10 Å². The molecule has 29 heavy (non-hydrogen) atoms. The summed E-state index contributed by atoms with van der Waals surface area (Å²) < 4.78 is 19.8. The molecule has 3 aromatic rings. The number of H-pyrrole nitrogens is 1. The van der Waals surface area contributed by atoms with Crippen molar-refractivity contribution >= 4 is 32.0 Å². The Bertz CT molecular complexity index is 848. The number of anilines is 2. The molecule has 2 N–H and O–H groups in total. The maximum atomic E-state index is 12.8. The predicted molar refractivity (Wildman–Crippen MR) is 119 cm³/mol. The number of ether oxygens (including phenoxy) is 1. The van der Waals surface area contributed by atoms with Crippen LogP contribution in [0.2, 0.25) is 0 Å². The van der Waals surface area contributed by atoms with Crippen LogP contribution in [0.1, 0.15) is 59.3 Å². The summed E-state index contributed by atoms with van der Waals surface area (Å²) in [5.41, 5.74) is 1.70. The van der Waals surface area contributed by atoms with Crippen LogP contribution in [0, 0.1) is 0 Å². The summed E-state index contributed by atoms with van der Waals surface area (Å²) in [5.74, 6) is 1.30. The van der Waals surface area contributed by atoms with Gasteiger partial charge in [0.2, 0.25) is 5.88 Å². The highest BCUT2D eigenvalue weighted by molar-refractivity contribution is 7.16. The summed E-state index contributed by atoms with van der Waals surface area (Å²) in [7, 11) is 1.91. The molecule has 0 spiro atoms. The third-order valence-corrected chi connectivity index (χ3v) is 4.40. The third kappa shape index (κ3) is 7.61. The van der Waals surface area contributed by atoms with Gasteiger partial charge < -0.3 is 14.6 Å². The normalized spacial score (nSPS) is 11.8. The molecule has 2 unspecified atom stereocenters. The number of alkyl halides is 1. The van der Waals surface area contributed by atoms with Crippen molar-refractivity contribution in [2.24, 2.45) is 0 Å². The van der Waals surface area contributed by atoms with Crippen LogP contribution in [0.3, 0.4) is 0 Å². The molecule has 7 nitrogen and oxygen atoms in total. The number of nitrogens with zero attached hydrogens (tertiary/aromatic N) is 4. The molecule has 0 aromatic carbocycles. The molecule has 0 aliphatic rings. The van der Waals surface area contributed by atoms with Crippen molar-refractivity contribution in [3.05, 3.63) is 24.5 Å². The topological polar surface area (TPSA) is 80.6 Å². The zero-order chi connectivity index (χ0) is 21.1. The largest absolute Gasteiger partial charge is 0.439 e. The molecular formula is C20H32FN6OP. The van der Waals surface area contributed by atoms with Crippen LogP contribution in [0.15, 0.2) is 24.5 Å². The first-order valence-electron chi connectivity index (χ1n) is 10.3. The number of aromatic amines is 1. The van der Waals surface area contributed by atoms with Crippen molar-refractivity contribution < 1.29 is 9.13 Å². The van der Waals surface area contributed by atoms with Crippen LogP contribution in [0.5, 0.6) is 5.88 Å². The number of rotatable bonds is 10. The maximum Gasteiger partial charge on any atom is 0.251 e. The number of aryl methyl sites for hydroxylation is 1. The monoisotopic (exact) mass is 422 g/mol. The van der Waals surface area contributed by atoms with Crippen molar-refractivity contribution in [2.45, 2.75) is 71.9 Å². The van der Waals surface area contributed by atoms with Gasteiger partial charge >= 0.3 is 0 Å². The number of nitrogens with one attached hydrogen (secondary N) is 2. The Hall–Kier alpha value is -2.21. The van der Waals surface area contributed by atoms with Gasteiger partial charge in [-0.3, -0.25) is 5.10 Å². The van der Waals surface area contributed by atoms with Gasteiger partial charge in [-0.2, -0.15) is 4.39 Å². The number of halogens is 1. The molecule has 0 fully saturated rings. The van der Waals surface area contributed by atoms with E-state index < -0.39 is 6.10 Å². The number of hydrogen-bond acceptors (Lipinski definition) is 5. The van der Waals surface area contributed by atoms with Crippen LogP contribution < -0.4 is 10.1 Å². The molecule has 2 atom stereocenters. The fraction of sp³-hybridized carbons (Fsp3) is 0.550. The molecular weight excluding hydrogens is 390 g/mol. The Labute approximate surface area is 174 Å². The van der Waals surface area contributed by atoms with Crippen LogP contribution in [-0.4, -0.2) is 30.8 Å². The van der Waals surface area contributed by atoms with Crippen LogP contribution in [-0.2, 0) is 6.54 Å². The van der Waals surface area contributed by atoms with Crippen molar-refractivity contribution in [2.75, 3.05) is 5.32 Å². The van der Waals surface area contributed by atoms with Gasteiger partial charge in [0, 0.05) is 18.8 Å². The van der Waals surface area contributed by atoms with E-state index in [1.54, 1.807) is 12.3 Å². The minimum Gasteiger partial charge on any atom is -0.439 e. The molecule has 160 valence electrons. The van der Waals surface area contributed by atoms with E-state index in [0.29, 0.717) is 11.6 Å². The van der Waals surface area contributed by atoms with Crippen LogP contribution in [0.25, 0.3) is 11.2 Å². The minimum absolute atomic E-state index is 0.165. The van der Waals surface area contributed by atoms with E-state index in [1.165, 1.54) is 32.1 Å². The van der Waals surface area contributed by atoms with E-state index in [0.717, 1.165) is 24.1 Å². The van der Waals surface area contributed by atoms with E-state index in [2.05, 4.69) is 50.8 Å². The van der Waals surface area contributed by atoms with Gasteiger partial charge in [-0.15, -0.1) is 5.10 Å². The summed E-state index contributed by atoms with van der Waals surface area (Å²) in [5, 5.41) is 9.66. The minimum atomic E-state index is -1.50. The van der Waals surface area contributed by atoms with Crippen molar-refractivity contribution in [3.63, 3.8) is 0 Å². The number of hydrogen-bond donors (Lipinski definition) is 2. The van der Waals surface area contributed by atoms with Gasteiger partial charge in [0.15, 0.2) is 11.5 Å². The molecule has 0 saturated carbocycles. The molecule has 0 radical (unpaired) electrons. The molecule has 0 amide bonds. The van der Waals surface area contributed by atoms with Crippen molar-refractivity contribution in [3.8, 4) is 5.88 Å². The Balaban J connectivity index is 0.000000687. The maximum absolute atomic E-state index is 12.8. The Morgan fingerprint density at radius 2 is 2.00 bits per heavy atom. The van der Waals surface area contributed by atoms with Gasteiger partial charge in [0.1, 0.15) is 11.3 Å². The molecule has 0 bridgehead atoms. The van der Waals surface area contributed by atoms with E-state index in [1.807, 2.05) is 21.5 Å². The smallest absolute Gasteiger partial charge is 0.251 e. The predicted octanol–water partition coefficient (Wildman–Crippen LogP) is 5.79. The van der Waals surface area contributed by atoms with Gasteiger partial charge in [0.05, 0.1) is 6.20 Å². The first-order valence-corrected chi connectivity index (χ1v) is 10.9. The lowest BCUT2D eigenvalue weighted by Gasteiger charge is -2.06. The number of aromatic nitrogens is 5. The second-order valence-electron chi connectivity index (χ2n) is 6.75. The average Bonchev–Trinajstić information content (AvgIpc) is 3.31. The van der Waals surface area contributed by atoms with E-state index in [4.69, 9.17) is 4.74 Å². The SMILES string of the molecule is CCCC.CCCCCCn1ccc2ncc(Nc3cc(OC(F)P)n[nH]3)nc21. The summed E-state index contributed by atoms with van der Waals surface area (Å²) in [6.45, 7) is 7.49. The fourth-order valence-electron chi connectivity index (χ4n) is 2.58. The zero-order valence-corrected chi connectivity index (χ0v) is 18.6. The molecule has 3 rings (SSSR count). The summed E-state index contributed by atoms with van der Waals surface area (Å²) in [6, 6.07) is 3.53. The highest BCUT2D eigenvalue weighted by atomic mass is 31.0. The highest BCUT2D eigenvalue weighted by Gasteiger charge is 2.09. The van der Waals surface area contributed by atoms with E-state index >= 15 is 0 Å². The molecule has 9 heteroatoms. The molecule has 3 aromatic heterocycles. The van der Waals surface area contributed by atoms with Gasteiger partial charge in [-0.1, -0.05) is 62.1 Å². The Kier molecular flexibility index (Phi) is 9.84. The third-order valence-electron chi connectivity index (χ3n) is 4.27. The fourth-order valence-corrected chi connectivity index (χ4v) is 2.72. The Morgan fingerprint density at radius 1 is 1.21 bits per heavy atom. The number of fused-ring (bicyclic) bond motifs is 1. The van der Waals surface area contributed by atoms with Gasteiger partial charge in [-0.25, -0.2) is 9.97 Å². The highest BCUT2D eigenvalue weighted by Crippen LogP contribution is 2.21. The lowest BCUT2D eigenvalue weighted by molar-refractivity contribution is 0.147. The molecule has 0 aliphatic carbocycles. The first kappa shape index (κ1) is 23.1. The number of unbranched alkanes of at least 4 members (excludes halogenated alkanes) is 4. The zero-order valence-electron chi connectivity index (χ0n) is 17.5. The molecule has 3 heterocycles. The summed E-state index contributed by atoms with van der Waals surface area (Å²) in [6.07, 6.45) is 9.61. The quantitative estimate of drug-likeness (QED) is 0.319. The average molecular weight is 422 g/mol. The van der Waals surface area contributed by atoms with Gasteiger partial charge in [-0.05, 0) is 12.5 Å². The van der Waals surface area contributed by atoms with Crippen molar-refractivity contribution in [1.82, 2.24) is 24.7 Å². The van der Waals surface area contributed by atoms with Crippen LogP contribution in [0.4, 0.5) is 16.0 Å². The molecule has 0 saturated heterocycles. The summed E-state index contributed by atoms with van der Waals surface area (Å²) >= 11 is 0. The first-order chi connectivity index (χ1) is 14.1. The van der Waals surface area contributed by atoms with Crippen LogP contribution >= 0.6 is 9.24 Å². The standard InChI is InChI=1S/C16H22FN6OP.C4H10/c1-2-3-4-5-7-23-8-6-11-15(23)20-13(10-18-11)19-12-9-14(22-21-12)24-16(17)25;1-3-4-2/h6,8-10,16H,2-5,7,25H2,1H3,(H2,19,20,21,22);3-4H2,1-2H3. The summed E-state index contributed by atoms with van der Waals surface area (Å²) in [4.78, 5) is 9.04. The van der Waals surface area contributed by atoms with Crippen molar-refractivity contribution in [1.29, 1.82) is 0 Å². The Morgan fingerprint density at radius 3 is 2.69 bits per heavy atom. The lowest BCUT2D eigenvalue weighted by Crippen LogP contribution is -2.01. The lowest BCUT2D eigenvalue weighted by atomic mass is 10.2. The van der Waals surface area contributed by atoms with E-state index in [-0.39, 0.29) is 5.88 Å². The van der Waals surface area contributed by atoms with E-state index in [9.17, 15) is 4.39 Å².